The Bertz CT molecular complexity index is 603. The van der Waals surface area contributed by atoms with Gasteiger partial charge in [0.1, 0.15) is 0 Å². The molecule has 0 saturated carbocycles. The second-order valence-electron chi connectivity index (χ2n) is 5.01. The van der Waals surface area contributed by atoms with Crippen LogP contribution in [0.3, 0.4) is 0 Å². The average Bonchev–Trinajstić information content (AvgIpc) is 2.58. The fraction of sp³-hybridized carbons (Fsp3) is 0.211. The number of esters is 1. The first kappa shape index (κ1) is 16.0. The lowest BCUT2D eigenvalue weighted by atomic mass is 10.1. The van der Waals surface area contributed by atoms with Crippen molar-refractivity contribution in [3.8, 4) is 0 Å². The average molecular weight is 295 g/mol. The summed E-state index contributed by atoms with van der Waals surface area (Å²) in [6.45, 7) is 1.79. The fourth-order valence-electron chi connectivity index (χ4n) is 2.09. The first-order chi connectivity index (χ1) is 10.8. The van der Waals surface area contributed by atoms with Gasteiger partial charge in [-0.05, 0) is 35.7 Å². The van der Waals surface area contributed by atoms with E-state index < -0.39 is 0 Å². The molecule has 2 aromatic carbocycles. The highest BCUT2D eigenvalue weighted by Gasteiger charge is 1.96. The molecule has 1 N–H and O–H groups in total. The van der Waals surface area contributed by atoms with Crippen molar-refractivity contribution in [3.63, 3.8) is 0 Å². The van der Waals surface area contributed by atoms with E-state index in [4.69, 9.17) is 0 Å². The number of benzene rings is 2. The Labute approximate surface area is 131 Å². The van der Waals surface area contributed by atoms with Crippen LogP contribution in [0.4, 0.5) is 0 Å². The number of hydrogen-bond donors (Lipinski definition) is 1. The molecule has 0 aliphatic carbocycles. The Morgan fingerprint density at radius 2 is 1.77 bits per heavy atom. The monoisotopic (exact) mass is 295 g/mol. The Morgan fingerprint density at radius 3 is 2.45 bits per heavy atom. The van der Waals surface area contributed by atoms with Gasteiger partial charge in [0.15, 0.2) is 0 Å². The summed E-state index contributed by atoms with van der Waals surface area (Å²) < 4.78 is 4.56. The maximum absolute atomic E-state index is 11.0. The van der Waals surface area contributed by atoms with Gasteiger partial charge >= 0.3 is 5.97 Å². The van der Waals surface area contributed by atoms with Gasteiger partial charge in [-0.15, -0.1) is 0 Å². The van der Waals surface area contributed by atoms with E-state index in [1.165, 1.54) is 24.3 Å². The van der Waals surface area contributed by atoms with Gasteiger partial charge in [-0.3, -0.25) is 0 Å². The highest BCUT2D eigenvalue weighted by molar-refractivity contribution is 5.86. The molecule has 22 heavy (non-hydrogen) atoms. The molecule has 0 saturated heterocycles. The molecular weight excluding hydrogens is 274 g/mol. The van der Waals surface area contributed by atoms with Crippen LogP contribution in [0.5, 0.6) is 0 Å². The number of rotatable bonds is 7. The molecule has 0 aromatic heterocycles. The topological polar surface area (TPSA) is 38.3 Å². The molecule has 3 nitrogen and oxygen atoms in total. The van der Waals surface area contributed by atoms with Crippen molar-refractivity contribution < 1.29 is 9.53 Å². The van der Waals surface area contributed by atoms with Crippen molar-refractivity contribution in [2.24, 2.45) is 0 Å². The number of hydrogen-bond acceptors (Lipinski definition) is 3. The molecule has 0 atom stereocenters. The summed E-state index contributed by atoms with van der Waals surface area (Å²) in [7, 11) is 1.37. The van der Waals surface area contributed by atoms with Crippen LogP contribution in [0, 0.1) is 0 Å². The van der Waals surface area contributed by atoms with E-state index in [1.54, 1.807) is 6.08 Å². The Hall–Kier alpha value is -2.39. The summed E-state index contributed by atoms with van der Waals surface area (Å²) in [6.07, 6.45) is 4.20. The molecular formula is C19H21NO2. The van der Waals surface area contributed by atoms with E-state index in [-0.39, 0.29) is 5.97 Å². The lowest BCUT2D eigenvalue weighted by molar-refractivity contribution is -0.134. The normalized spacial score (nSPS) is 10.8. The molecule has 2 aromatic rings. The maximum Gasteiger partial charge on any atom is 0.330 e. The smallest absolute Gasteiger partial charge is 0.330 e. The SMILES string of the molecule is COC(=O)/C=C/c1ccc(CNCCc2ccccc2)cc1. The third-order valence-corrected chi connectivity index (χ3v) is 3.36. The van der Waals surface area contributed by atoms with Gasteiger partial charge in [-0.25, -0.2) is 4.79 Å². The van der Waals surface area contributed by atoms with Crippen molar-refractivity contribution in [1.82, 2.24) is 5.32 Å². The fourth-order valence-corrected chi connectivity index (χ4v) is 2.09. The van der Waals surface area contributed by atoms with E-state index in [0.717, 1.165) is 25.1 Å². The molecule has 0 fully saturated rings. The molecule has 0 amide bonds. The minimum absolute atomic E-state index is 0.341. The van der Waals surface area contributed by atoms with Crippen LogP contribution in [0.2, 0.25) is 0 Å². The Balaban J connectivity index is 1.74. The van der Waals surface area contributed by atoms with Crippen molar-refractivity contribution in [3.05, 3.63) is 77.4 Å². The molecule has 0 aliphatic heterocycles. The largest absolute Gasteiger partial charge is 0.466 e. The maximum atomic E-state index is 11.0. The van der Waals surface area contributed by atoms with Crippen LogP contribution in [-0.2, 0) is 22.5 Å². The number of carbonyl (C=O) groups is 1. The third kappa shape index (κ3) is 5.54. The molecule has 0 spiro atoms. The number of carbonyl (C=O) groups excluding carboxylic acids is 1. The number of methoxy groups -OCH3 is 1. The minimum Gasteiger partial charge on any atom is -0.466 e. The van der Waals surface area contributed by atoms with Gasteiger partial charge in [-0.1, -0.05) is 54.6 Å². The molecule has 0 unspecified atom stereocenters. The van der Waals surface area contributed by atoms with E-state index >= 15 is 0 Å². The predicted octanol–water partition coefficient (Wildman–Crippen LogP) is 3.21. The first-order valence-electron chi connectivity index (χ1n) is 7.37. The quantitative estimate of drug-likeness (QED) is 0.484. The zero-order chi connectivity index (χ0) is 15.6. The number of ether oxygens (including phenoxy) is 1. The summed E-state index contributed by atoms with van der Waals surface area (Å²) in [5.41, 5.74) is 3.56. The third-order valence-electron chi connectivity index (χ3n) is 3.36. The second kappa shape index (κ2) is 8.80. The van der Waals surface area contributed by atoms with Gasteiger partial charge in [0.25, 0.3) is 0 Å². The summed E-state index contributed by atoms with van der Waals surface area (Å²) in [5.74, 6) is -0.341. The first-order valence-corrected chi connectivity index (χ1v) is 7.37. The van der Waals surface area contributed by atoms with Crippen LogP contribution < -0.4 is 5.32 Å². The van der Waals surface area contributed by atoms with Gasteiger partial charge in [0.05, 0.1) is 7.11 Å². The lowest BCUT2D eigenvalue weighted by Gasteiger charge is -2.05. The summed E-state index contributed by atoms with van der Waals surface area (Å²) in [6, 6.07) is 18.6. The van der Waals surface area contributed by atoms with Gasteiger partial charge < -0.3 is 10.1 Å². The molecule has 0 aliphatic rings. The van der Waals surface area contributed by atoms with E-state index in [2.05, 4.69) is 46.5 Å². The molecule has 114 valence electrons. The van der Waals surface area contributed by atoms with Crippen molar-refractivity contribution in [1.29, 1.82) is 0 Å². The standard InChI is InChI=1S/C19H21NO2/c1-22-19(21)12-11-17-7-9-18(10-8-17)15-20-14-13-16-5-3-2-4-6-16/h2-12,20H,13-15H2,1H3/b12-11+. The van der Waals surface area contributed by atoms with Crippen LogP contribution in [0.25, 0.3) is 6.08 Å². The second-order valence-corrected chi connectivity index (χ2v) is 5.01. The van der Waals surface area contributed by atoms with E-state index in [9.17, 15) is 4.79 Å². The van der Waals surface area contributed by atoms with Crippen LogP contribution in [0.15, 0.2) is 60.7 Å². The van der Waals surface area contributed by atoms with Crippen LogP contribution in [0.1, 0.15) is 16.7 Å². The Morgan fingerprint density at radius 1 is 1.05 bits per heavy atom. The molecule has 0 radical (unpaired) electrons. The van der Waals surface area contributed by atoms with Gasteiger partial charge in [-0.2, -0.15) is 0 Å². The summed E-state index contributed by atoms with van der Waals surface area (Å²) >= 11 is 0. The van der Waals surface area contributed by atoms with Crippen molar-refractivity contribution in [2.75, 3.05) is 13.7 Å². The highest BCUT2D eigenvalue weighted by atomic mass is 16.5. The zero-order valence-corrected chi connectivity index (χ0v) is 12.8. The molecule has 2 rings (SSSR count). The minimum atomic E-state index is -0.341. The lowest BCUT2D eigenvalue weighted by Crippen LogP contribution is -2.16. The van der Waals surface area contributed by atoms with Crippen molar-refractivity contribution >= 4 is 12.0 Å². The van der Waals surface area contributed by atoms with Crippen LogP contribution in [-0.4, -0.2) is 19.6 Å². The molecule has 0 heterocycles. The summed E-state index contributed by atoms with van der Waals surface area (Å²) in [4.78, 5) is 11.0. The van der Waals surface area contributed by atoms with Gasteiger partial charge in [0.2, 0.25) is 0 Å². The molecule has 3 heteroatoms. The van der Waals surface area contributed by atoms with Crippen molar-refractivity contribution in [2.45, 2.75) is 13.0 Å². The van der Waals surface area contributed by atoms with E-state index in [0.29, 0.717) is 0 Å². The Kier molecular flexibility index (Phi) is 6.39. The molecule has 0 bridgehead atoms. The number of nitrogens with one attached hydrogen (secondary N) is 1. The predicted molar refractivity (Wildman–Crippen MR) is 89.3 cm³/mol. The van der Waals surface area contributed by atoms with Gasteiger partial charge in [0, 0.05) is 12.6 Å². The van der Waals surface area contributed by atoms with E-state index in [1.807, 2.05) is 18.2 Å². The van der Waals surface area contributed by atoms with Crippen LogP contribution >= 0.6 is 0 Å². The summed E-state index contributed by atoms with van der Waals surface area (Å²) in [5, 5.41) is 3.44. The highest BCUT2D eigenvalue weighted by Crippen LogP contribution is 2.06. The zero-order valence-electron chi connectivity index (χ0n) is 12.8.